The summed E-state index contributed by atoms with van der Waals surface area (Å²) in [4.78, 5) is 25.8. The molecule has 0 saturated carbocycles. The molecule has 11 nitrogen and oxygen atoms in total. The van der Waals surface area contributed by atoms with E-state index in [1.165, 1.54) is 0 Å². The maximum atomic E-state index is 14.5. The number of unbranched alkanes of at least 4 members (excludes halogenated alkanes) is 1. The van der Waals surface area contributed by atoms with Gasteiger partial charge in [-0.1, -0.05) is 26.0 Å². The maximum absolute atomic E-state index is 14.5. The maximum Gasteiger partial charge on any atom is 0.332 e. The second kappa shape index (κ2) is 8.21. The fraction of sp³-hybridized carbons (Fsp3) is 0.625. The van der Waals surface area contributed by atoms with Crippen molar-refractivity contribution in [3.63, 3.8) is 0 Å². The number of alkyl halides is 1. The molecule has 0 amide bonds. The Bertz CT molecular complexity index is 829. The number of halogens is 1. The van der Waals surface area contributed by atoms with Gasteiger partial charge in [-0.15, -0.1) is 5.06 Å². The molecule has 0 aliphatic carbocycles. The van der Waals surface area contributed by atoms with Crippen molar-refractivity contribution in [1.82, 2.24) is 14.6 Å². The molecule has 2 rings (SSSR count). The van der Waals surface area contributed by atoms with Crippen LogP contribution in [0.5, 0.6) is 0 Å². The number of hydroxylamine groups is 2. The molecule has 0 aromatic carbocycles. The Morgan fingerprint density at radius 3 is 2.68 bits per heavy atom. The predicted octanol–water partition coefficient (Wildman–Crippen LogP) is -1.60. The van der Waals surface area contributed by atoms with Gasteiger partial charge < -0.3 is 30.4 Å². The van der Waals surface area contributed by atoms with Gasteiger partial charge in [0.1, 0.15) is 12.2 Å². The van der Waals surface area contributed by atoms with Gasteiger partial charge in [0.05, 0.1) is 12.2 Å². The molecule has 0 bridgehead atoms. The molecule has 0 radical (unpaired) electrons. The third-order valence-electron chi connectivity index (χ3n) is 4.67. The molecule has 5 atom stereocenters. The van der Waals surface area contributed by atoms with Crippen molar-refractivity contribution in [2.45, 2.75) is 56.3 Å². The zero-order valence-electron chi connectivity index (χ0n) is 15.2. The molecule has 1 aliphatic heterocycles. The van der Waals surface area contributed by atoms with Gasteiger partial charge >= 0.3 is 11.6 Å². The number of hydrogen-bond acceptors (Lipinski definition) is 9. The number of nitrogens with zero attached hydrogens (tertiary/aromatic N) is 2. The number of hydrogen-bond donors (Lipinski definition) is 6. The minimum absolute atomic E-state index is 0.229. The van der Waals surface area contributed by atoms with E-state index < -0.39 is 48.0 Å². The number of aromatic nitrogens is 2. The van der Waals surface area contributed by atoms with Gasteiger partial charge in [-0.05, 0) is 12.8 Å². The summed E-state index contributed by atoms with van der Waals surface area (Å²) < 4.78 is 19.8. The van der Waals surface area contributed by atoms with E-state index in [4.69, 9.17) is 4.74 Å². The quantitative estimate of drug-likeness (QED) is 0.169. The Labute approximate surface area is 158 Å². The summed E-state index contributed by atoms with van der Waals surface area (Å²) in [6.07, 6.45) is -3.85. The third-order valence-corrected chi connectivity index (χ3v) is 4.67. The molecule has 1 unspecified atom stereocenters. The highest BCUT2D eigenvalue weighted by Crippen LogP contribution is 2.44. The van der Waals surface area contributed by atoms with Crippen molar-refractivity contribution in [2.24, 2.45) is 0 Å². The van der Waals surface area contributed by atoms with Crippen molar-refractivity contribution < 1.29 is 34.8 Å². The number of H-pyrrole nitrogens is 1. The van der Waals surface area contributed by atoms with Crippen molar-refractivity contribution in [3.8, 4) is 0 Å². The highest BCUT2D eigenvalue weighted by Gasteiger charge is 2.71. The average molecular weight is 405 g/mol. The minimum Gasteiger partial charge on any atom is -0.394 e. The Morgan fingerprint density at radius 1 is 1.50 bits per heavy atom. The smallest absolute Gasteiger partial charge is 0.332 e. The molecule has 28 heavy (non-hydrogen) atoms. The van der Waals surface area contributed by atoms with Crippen LogP contribution in [0.25, 0.3) is 6.08 Å². The molecule has 158 valence electrons. The zero-order chi connectivity index (χ0) is 21.3. The summed E-state index contributed by atoms with van der Waals surface area (Å²) in [6, 6.07) is 0. The zero-order valence-corrected chi connectivity index (χ0v) is 15.2. The van der Waals surface area contributed by atoms with E-state index in [1.54, 1.807) is 6.92 Å². The summed E-state index contributed by atoms with van der Waals surface area (Å²) in [7, 11) is 0. The Balaban J connectivity index is 2.66. The van der Waals surface area contributed by atoms with Crippen molar-refractivity contribution in [1.29, 1.82) is 0 Å². The molecular formula is C16H24FN3O8. The molecule has 6 N–H and O–H groups in total. The van der Waals surface area contributed by atoms with Crippen LogP contribution in [0, 0.1) is 0 Å². The SMILES string of the molecule is C=Cc1cn([C@@]2(O)O[C@H](CO)[C@@H](O)[C@]2(O)N(O)C(F)CCCC)c(=O)[nH]c1=O. The van der Waals surface area contributed by atoms with Gasteiger partial charge in [0, 0.05) is 6.20 Å². The number of aromatic amines is 1. The second-order valence-electron chi connectivity index (χ2n) is 6.46. The van der Waals surface area contributed by atoms with Crippen LogP contribution in [0.1, 0.15) is 31.7 Å². The Hall–Kier alpha value is -1.93. The molecule has 12 heteroatoms. The van der Waals surface area contributed by atoms with Crippen LogP contribution >= 0.6 is 0 Å². The van der Waals surface area contributed by atoms with Gasteiger partial charge in [0.15, 0.2) is 6.30 Å². The summed E-state index contributed by atoms with van der Waals surface area (Å²) >= 11 is 0. The largest absolute Gasteiger partial charge is 0.394 e. The van der Waals surface area contributed by atoms with Crippen LogP contribution in [0.3, 0.4) is 0 Å². The van der Waals surface area contributed by atoms with Gasteiger partial charge in [-0.25, -0.2) is 13.8 Å². The lowest BCUT2D eigenvalue weighted by Crippen LogP contribution is -2.69. The molecular weight excluding hydrogens is 381 g/mol. The summed E-state index contributed by atoms with van der Waals surface area (Å²) in [6.45, 7) is 4.17. The van der Waals surface area contributed by atoms with E-state index in [0.29, 0.717) is 12.8 Å². The first kappa shape index (κ1) is 22.4. The number of nitrogens with one attached hydrogen (secondary N) is 1. The van der Waals surface area contributed by atoms with Crippen LogP contribution in [0.4, 0.5) is 4.39 Å². The lowest BCUT2D eigenvalue weighted by atomic mass is 10.00. The van der Waals surface area contributed by atoms with Crippen LogP contribution in [-0.2, 0) is 10.6 Å². The number of aliphatic hydroxyl groups is 4. The normalized spacial score (nSPS) is 31.3. The minimum atomic E-state index is -3.31. The van der Waals surface area contributed by atoms with Crippen LogP contribution < -0.4 is 11.2 Å². The predicted molar refractivity (Wildman–Crippen MR) is 92.6 cm³/mol. The topological polar surface area (TPSA) is 168 Å². The molecule has 0 spiro atoms. The molecule has 1 saturated heterocycles. The molecule has 1 fully saturated rings. The van der Waals surface area contributed by atoms with Crippen molar-refractivity contribution in [3.05, 3.63) is 39.2 Å². The Morgan fingerprint density at radius 2 is 2.14 bits per heavy atom. The van der Waals surface area contributed by atoms with Gasteiger partial charge in [0.25, 0.3) is 5.56 Å². The Kier molecular flexibility index (Phi) is 6.55. The average Bonchev–Trinajstić information content (AvgIpc) is 2.87. The first-order chi connectivity index (χ1) is 13.1. The van der Waals surface area contributed by atoms with E-state index in [9.17, 15) is 39.6 Å². The van der Waals surface area contributed by atoms with E-state index >= 15 is 0 Å². The lowest BCUT2D eigenvalue weighted by Gasteiger charge is -2.43. The van der Waals surface area contributed by atoms with E-state index in [2.05, 4.69) is 6.58 Å². The fourth-order valence-corrected chi connectivity index (χ4v) is 3.03. The van der Waals surface area contributed by atoms with Crippen LogP contribution in [-0.4, -0.2) is 71.1 Å². The lowest BCUT2D eigenvalue weighted by molar-refractivity contribution is -0.428. The molecule has 1 aromatic rings. The van der Waals surface area contributed by atoms with E-state index in [-0.39, 0.29) is 21.6 Å². The van der Waals surface area contributed by atoms with Crippen molar-refractivity contribution in [2.75, 3.05) is 6.61 Å². The fourth-order valence-electron chi connectivity index (χ4n) is 3.03. The van der Waals surface area contributed by atoms with Gasteiger partial charge in [0.2, 0.25) is 5.72 Å². The highest BCUT2D eigenvalue weighted by molar-refractivity contribution is 5.43. The highest BCUT2D eigenvalue weighted by atomic mass is 19.1. The molecule has 1 aliphatic rings. The summed E-state index contributed by atoms with van der Waals surface area (Å²) in [5.74, 6) is -3.27. The van der Waals surface area contributed by atoms with Gasteiger partial charge in [-0.3, -0.25) is 9.78 Å². The van der Waals surface area contributed by atoms with E-state index in [0.717, 1.165) is 12.3 Å². The number of rotatable bonds is 8. The monoisotopic (exact) mass is 405 g/mol. The molecule has 2 heterocycles. The standard InChI is InChI=1S/C16H24FN3O8/c1-3-5-6-11(17)20(27)15(25)12(22)10(8-21)28-16(15,26)19-7-9(4-2)13(23)18-14(19)24/h4,7,10-12,21-22,25-27H,2-3,5-6,8H2,1H3,(H,18,23,24)/t10-,11?,12-,15-,16+/m1/s1. The second-order valence-corrected chi connectivity index (χ2v) is 6.46. The first-order valence-electron chi connectivity index (χ1n) is 8.61. The third kappa shape index (κ3) is 3.33. The van der Waals surface area contributed by atoms with Crippen LogP contribution in [0.2, 0.25) is 0 Å². The number of ether oxygens (including phenoxy) is 1. The van der Waals surface area contributed by atoms with Gasteiger partial charge in [-0.2, -0.15) is 0 Å². The first-order valence-corrected chi connectivity index (χ1v) is 8.61. The number of aliphatic hydroxyl groups excluding tert-OH is 2. The summed E-state index contributed by atoms with van der Waals surface area (Å²) in [5.41, 5.74) is -5.70. The van der Waals surface area contributed by atoms with Crippen molar-refractivity contribution >= 4 is 6.08 Å². The van der Waals surface area contributed by atoms with Crippen LogP contribution in [0.15, 0.2) is 22.4 Å². The summed E-state index contributed by atoms with van der Waals surface area (Å²) in [5, 5.41) is 51.6. The van der Waals surface area contributed by atoms with E-state index in [1.807, 2.05) is 4.98 Å². The molecule has 1 aromatic heterocycles.